The maximum Gasteiger partial charge on any atom is 0.381 e. The Balaban J connectivity index is 0. The first-order valence-electron chi connectivity index (χ1n) is 3.65. The second kappa shape index (κ2) is 6.49. The summed E-state index contributed by atoms with van der Waals surface area (Å²) in [5.41, 5.74) is 5.02. The van der Waals surface area contributed by atoms with Gasteiger partial charge in [0.1, 0.15) is 6.54 Å². The summed E-state index contributed by atoms with van der Waals surface area (Å²) < 4.78 is 4.11. The lowest BCUT2D eigenvalue weighted by molar-refractivity contribution is -0.163. The number of carbonyl (C=O) groups excluding carboxylic acids is 3. The summed E-state index contributed by atoms with van der Waals surface area (Å²) in [6.45, 7) is 0.638. The number of ketones is 1. The first kappa shape index (κ1) is 15.5. The van der Waals surface area contributed by atoms with E-state index in [9.17, 15) is 14.4 Å². The lowest BCUT2D eigenvalue weighted by Gasteiger charge is -2.14. The van der Waals surface area contributed by atoms with Gasteiger partial charge in [-0.05, 0) is 0 Å². The fraction of sp³-hybridized carbons (Fsp3) is 0.429. The lowest BCUT2D eigenvalue weighted by atomic mass is 10.4. The van der Waals surface area contributed by atoms with Gasteiger partial charge in [0.15, 0.2) is 5.96 Å². The minimum atomic E-state index is -1.22. The largest absolute Gasteiger partial charge is 0.412 e. The quantitative estimate of drug-likeness (QED) is 0.178. The molecule has 8 heteroatoms. The van der Waals surface area contributed by atoms with Crippen LogP contribution in [-0.4, -0.2) is 47.6 Å². The third-order valence-corrected chi connectivity index (χ3v) is 1.27. The van der Waals surface area contributed by atoms with Crippen LogP contribution in [0.25, 0.3) is 0 Å². The molecule has 0 spiro atoms. The van der Waals surface area contributed by atoms with E-state index in [1.165, 1.54) is 7.05 Å². The van der Waals surface area contributed by atoms with E-state index in [1.807, 2.05) is 0 Å². The molecule has 15 heavy (non-hydrogen) atoms. The SMILES string of the molecule is CC(=O)C(=O)OC(=O)CN(C)C(=N)N.O. The smallest absolute Gasteiger partial charge is 0.381 e. The van der Waals surface area contributed by atoms with Gasteiger partial charge in [-0.2, -0.15) is 0 Å². The van der Waals surface area contributed by atoms with E-state index in [1.54, 1.807) is 0 Å². The van der Waals surface area contributed by atoms with Crippen LogP contribution >= 0.6 is 0 Å². The van der Waals surface area contributed by atoms with E-state index in [0.29, 0.717) is 0 Å². The molecule has 86 valence electrons. The van der Waals surface area contributed by atoms with Crippen molar-refractivity contribution in [1.82, 2.24) is 4.90 Å². The number of rotatable bonds is 3. The molecule has 0 unspecified atom stereocenters. The standard InChI is InChI=1S/C7H11N3O4.H2O/c1-4(11)6(13)14-5(12)3-10(2)7(8)9;/h3H2,1-2H3,(H3,8,9);1H2. The van der Waals surface area contributed by atoms with Gasteiger partial charge in [-0.15, -0.1) is 0 Å². The zero-order chi connectivity index (χ0) is 11.3. The predicted molar refractivity (Wildman–Crippen MR) is 49.9 cm³/mol. The molecule has 0 bridgehead atoms. The van der Waals surface area contributed by atoms with Gasteiger partial charge in [0, 0.05) is 14.0 Å². The monoisotopic (exact) mass is 219 g/mol. The molecule has 0 aliphatic heterocycles. The van der Waals surface area contributed by atoms with E-state index in [-0.39, 0.29) is 18.0 Å². The Bertz CT molecular complexity index is 288. The summed E-state index contributed by atoms with van der Waals surface area (Å²) in [4.78, 5) is 32.9. The molecule has 8 nitrogen and oxygen atoms in total. The Labute approximate surface area is 85.8 Å². The first-order valence-corrected chi connectivity index (χ1v) is 3.65. The predicted octanol–water partition coefficient (Wildman–Crippen LogP) is -2.35. The van der Waals surface area contributed by atoms with E-state index in [4.69, 9.17) is 11.1 Å². The summed E-state index contributed by atoms with van der Waals surface area (Å²) in [6.07, 6.45) is 0. The van der Waals surface area contributed by atoms with Crippen molar-refractivity contribution in [1.29, 1.82) is 5.41 Å². The second-order valence-corrected chi connectivity index (χ2v) is 2.56. The van der Waals surface area contributed by atoms with Gasteiger partial charge in [-0.25, -0.2) is 9.59 Å². The van der Waals surface area contributed by atoms with E-state index in [2.05, 4.69) is 4.74 Å². The van der Waals surface area contributed by atoms with Crippen LogP contribution in [0.4, 0.5) is 0 Å². The third-order valence-electron chi connectivity index (χ3n) is 1.27. The average Bonchev–Trinajstić information content (AvgIpc) is 2.03. The summed E-state index contributed by atoms with van der Waals surface area (Å²) in [5.74, 6) is -3.34. The fourth-order valence-electron chi connectivity index (χ4n) is 0.486. The van der Waals surface area contributed by atoms with Gasteiger partial charge in [0.05, 0.1) is 0 Å². The second-order valence-electron chi connectivity index (χ2n) is 2.56. The molecular weight excluding hydrogens is 206 g/mol. The van der Waals surface area contributed by atoms with Crippen LogP contribution in [0, 0.1) is 5.41 Å². The van der Waals surface area contributed by atoms with Crippen LogP contribution in [0.3, 0.4) is 0 Å². The zero-order valence-electron chi connectivity index (χ0n) is 8.36. The fourth-order valence-corrected chi connectivity index (χ4v) is 0.486. The van der Waals surface area contributed by atoms with E-state index in [0.717, 1.165) is 11.8 Å². The molecule has 0 aromatic rings. The normalized spacial score (nSPS) is 8.40. The van der Waals surface area contributed by atoms with Crippen molar-refractivity contribution >= 4 is 23.7 Å². The molecular formula is C7H13N3O5. The van der Waals surface area contributed by atoms with E-state index >= 15 is 0 Å². The molecule has 0 saturated carbocycles. The minimum Gasteiger partial charge on any atom is -0.412 e. The minimum absolute atomic E-state index is 0. The number of hydrogen-bond donors (Lipinski definition) is 2. The number of carbonyl (C=O) groups is 3. The topological polar surface area (TPSA) is 145 Å². The molecule has 0 amide bonds. The van der Waals surface area contributed by atoms with Crippen molar-refractivity contribution in [2.75, 3.05) is 13.6 Å². The van der Waals surface area contributed by atoms with Crippen molar-refractivity contribution in [3.05, 3.63) is 0 Å². The highest BCUT2D eigenvalue weighted by atomic mass is 16.6. The van der Waals surface area contributed by atoms with Crippen LogP contribution in [0.1, 0.15) is 6.92 Å². The number of nitrogens with two attached hydrogens (primary N) is 1. The third kappa shape index (κ3) is 6.16. The van der Waals surface area contributed by atoms with Crippen molar-refractivity contribution in [2.24, 2.45) is 5.73 Å². The highest BCUT2D eigenvalue weighted by Gasteiger charge is 2.16. The molecule has 0 saturated heterocycles. The maximum atomic E-state index is 10.9. The van der Waals surface area contributed by atoms with Crippen molar-refractivity contribution in [3.63, 3.8) is 0 Å². The molecule has 0 radical (unpaired) electrons. The van der Waals surface area contributed by atoms with E-state index < -0.39 is 17.7 Å². The lowest BCUT2D eigenvalue weighted by Crippen LogP contribution is -2.38. The number of hydrogen-bond acceptors (Lipinski definition) is 5. The Kier molecular flexibility index (Phi) is 6.71. The summed E-state index contributed by atoms with van der Waals surface area (Å²) in [5, 5.41) is 6.90. The number of likely N-dealkylation sites (N-methyl/N-ethyl adjacent to an activating group) is 1. The van der Waals surface area contributed by atoms with Gasteiger partial charge >= 0.3 is 11.9 Å². The number of Topliss-reactive ketones (excluding diaryl/α,β-unsaturated/α-hetero) is 1. The van der Waals surface area contributed by atoms with Crippen molar-refractivity contribution in [3.8, 4) is 0 Å². The summed E-state index contributed by atoms with van der Waals surface area (Å²) >= 11 is 0. The number of esters is 2. The Hall–Kier alpha value is -1.96. The Morgan fingerprint density at radius 2 is 1.87 bits per heavy atom. The van der Waals surface area contributed by atoms with Crippen LogP contribution < -0.4 is 5.73 Å². The average molecular weight is 219 g/mol. The molecule has 0 aromatic carbocycles. The Morgan fingerprint density at radius 3 is 2.20 bits per heavy atom. The molecule has 0 fully saturated rings. The van der Waals surface area contributed by atoms with Crippen LogP contribution in [0.5, 0.6) is 0 Å². The number of nitrogens with zero attached hydrogens (tertiary/aromatic N) is 1. The number of nitrogens with one attached hydrogen (secondary N) is 1. The molecule has 0 aliphatic rings. The van der Waals surface area contributed by atoms with Crippen LogP contribution in [0.15, 0.2) is 0 Å². The van der Waals surface area contributed by atoms with Gasteiger partial charge < -0.3 is 20.8 Å². The molecule has 0 atom stereocenters. The van der Waals surface area contributed by atoms with Crippen LogP contribution in [-0.2, 0) is 19.1 Å². The summed E-state index contributed by atoms with van der Waals surface area (Å²) in [6, 6.07) is 0. The maximum absolute atomic E-state index is 10.9. The first-order chi connectivity index (χ1) is 6.34. The highest BCUT2D eigenvalue weighted by molar-refractivity contribution is 6.34. The van der Waals surface area contributed by atoms with Gasteiger partial charge in [-0.3, -0.25) is 10.2 Å². The number of ether oxygens (including phenoxy) is 1. The summed E-state index contributed by atoms with van der Waals surface area (Å²) in [7, 11) is 1.38. The van der Waals surface area contributed by atoms with Crippen molar-refractivity contribution in [2.45, 2.75) is 6.92 Å². The molecule has 0 aromatic heterocycles. The van der Waals surface area contributed by atoms with Gasteiger partial charge in [0.2, 0.25) is 5.78 Å². The van der Waals surface area contributed by atoms with Crippen LogP contribution in [0.2, 0.25) is 0 Å². The highest BCUT2D eigenvalue weighted by Crippen LogP contribution is 1.87. The Morgan fingerprint density at radius 1 is 1.40 bits per heavy atom. The van der Waals surface area contributed by atoms with Gasteiger partial charge in [0.25, 0.3) is 0 Å². The molecule has 0 rings (SSSR count). The molecule has 0 aliphatic carbocycles. The zero-order valence-corrected chi connectivity index (χ0v) is 8.36. The van der Waals surface area contributed by atoms with Crippen molar-refractivity contribution < 1.29 is 24.6 Å². The van der Waals surface area contributed by atoms with Gasteiger partial charge in [-0.1, -0.05) is 0 Å². The molecule has 0 heterocycles. The number of guanidine groups is 1. The molecule has 5 N–H and O–H groups in total.